The molecule has 2 aromatic rings. The first kappa shape index (κ1) is 17.9. The van der Waals surface area contributed by atoms with E-state index in [1.54, 1.807) is 19.4 Å². The van der Waals surface area contributed by atoms with Crippen LogP contribution in [0.3, 0.4) is 0 Å². The third-order valence-electron chi connectivity index (χ3n) is 3.28. The highest BCUT2D eigenvalue weighted by molar-refractivity contribution is 6.30. The van der Waals surface area contributed by atoms with Gasteiger partial charge in [0.25, 0.3) is 0 Å². The molecule has 0 fully saturated rings. The molecule has 0 unspecified atom stereocenters. The fourth-order valence-electron chi connectivity index (χ4n) is 2.06. The lowest BCUT2D eigenvalue weighted by molar-refractivity contribution is -0.120. The van der Waals surface area contributed by atoms with Crippen molar-refractivity contribution >= 4 is 23.5 Å². The lowest BCUT2D eigenvalue weighted by atomic mass is 10.1. The summed E-state index contributed by atoms with van der Waals surface area (Å²) in [6, 6.07) is 11.3. The van der Waals surface area contributed by atoms with Crippen molar-refractivity contribution in [2.45, 2.75) is 13.0 Å². The summed E-state index contributed by atoms with van der Waals surface area (Å²) < 4.78 is 5.15. The molecule has 128 valence electrons. The summed E-state index contributed by atoms with van der Waals surface area (Å²) in [4.78, 5) is 15.9. The summed E-state index contributed by atoms with van der Waals surface area (Å²) in [5, 5.41) is 9.61. The minimum Gasteiger partial charge on any atom is -0.467 e. The molecule has 7 heteroatoms. The Kier molecular flexibility index (Phi) is 7.17. The molecule has 3 N–H and O–H groups in total. The van der Waals surface area contributed by atoms with Crippen LogP contribution >= 0.6 is 11.6 Å². The number of guanidine groups is 1. The Morgan fingerprint density at radius 2 is 2.08 bits per heavy atom. The summed E-state index contributed by atoms with van der Waals surface area (Å²) >= 11 is 5.96. The number of furan rings is 1. The maximum Gasteiger partial charge on any atom is 0.239 e. The molecule has 6 nitrogen and oxygen atoms in total. The molecule has 0 bridgehead atoms. The molecule has 1 aromatic heterocycles. The fourth-order valence-corrected chi connectivity index (χ4v) is 2.28. The molecule has 24 heavy (non-hydrogen) atoms. The molecule has 1 aromatic carbocycles. The first-order chi connectivity index (χ1) is 11.7. The Balaban J connectivity index is 1.65. The second-order valence-electron chi connectivity index (χ2n) is 5.09. The average molecular weight is 349 g/mol. The third-order valence-corrected chi connectivity index (χ3v) is 3.51. The molecule has 0 saturated carbocycles. The van der Waals surface area contributed by atoms with Gasteiger partial charge in [-0.3, -0.25) is 9.79 Å². The third kappa shape index (κ3) is 6.34. The summed E-state index contributed by atoms with van der Waals surface area (Å²) in [5.74, 6) is 1.15. The number of amides is 1. The molecule has 0 aliphatic rings. The van der Waals surface area contributed by atoms with E-state index in [-0.39, 0.29) is 12.5 Å². The second-order valence-corrected chi connectivity index (χ2v) is 5.52. The van der Waals surface area contributed by atoms with E-state index in [4.69, 9.17) is 16.0 Å². The van der Waals surface area contributed by atoms with E-state index < -0.39 is 0 Å². The van der Waals surface area contributed by atoms with Gasteiger partial charge in [-0.2, -0.15) is 0 Å². The normalized spacial score (nSPS) is 11.2. The average Bonchev–Trinajstić information content (AvgIpc) is 3.09. The van der Waals surface area contributed by atoms with Gasteiger partial charge in [-0.05, 0) is 36.2 Å². The van der Waals surface area contributed by atoms with Crippen LogP contribution in [0.4, 0.5) is 0 Å². The van der Waals surface area contributed by atoms with Gasteiger partial charge in [-0.1, -0.05) is 23.7 Å². The number of benzene rings is 1. The van der Waals surface area contributed by atoms with E-state index in [1.807, 2.05) is 30.3 Å². The lowest BCUT2D eigenvalue weighted by Gasteiger charge is -2.12. The Labute approximate surface area is 146 Å². The van der Waals surface area contributed by atoms with E-state index >= 15 is 0 Å². The minimum absolute atomic E-state index is 0.135. The van der Waals surface area contributed by atoms with Crippen LogP contribution < -0.4 is 16.0 Å². The molecular formula is C17H21ClN4O2. The van der Waals surface area contributed by atoms with Crippen LogP contribution in [-0.2, 0) is 17.8 Å². The van der Waals surface area contributed by atoms with E-state index in [9.17, 15) is 4.79 Å². The molecule has 0 aliphatic carbocycles. The van der Waals surface area contributed by atoms with Crippen LogP contribution in [0, 0.1) is 0 Å². The number of nitrogens with zero attached hydrogens (tertiary/aromatic N) is 1. The van der Waals surface area contributed by atoms with Crippen LogP contribution in [0.15, 0.2) is 52.1 Å². The summed E-state index contributed by atoms with van der Waals surface area (Å²) in [6.45, 7) is 1.19. The van der Waals surface area contributed by atoms with Gasteiger partial charge in [0.1, 0.15) is 5.76 Å². The first-order valence-electron chi connectivity index (χ1n) is 7.65. The zero-order valence-electron chi connectivity index (χ0n) is 13.5. The molecule has 0 saturated heterocycles. The van der Waals surface area contributed by atoms with Gasteiger partial charge in [-0.15, -0.1) is 0 Å². The van der Waals surface area contributed by atoms with Crippen LogP contribution in [0.5, 0.6) is 0 Å². The number of nitrogens with one attached hydrogen (secondary N) is 3. The minimum atomic E-state index is -0.135. The number of hydrogen-bond acceptors (Lipinski definition) is 3. The highest BCUT2D eigenvalue weighted by atomic mass is 35.5. The first-order valence-corrected chi connectivity index (χ1v) is 8.03. The molecule has 0 atom stereocenters. The van der Waals surface area contributed by atoms with Crippen molar-refractivity contribution in [3.63, 3.8) is 0 Å². The van der Waals surface area contributed by atoms with Gasteiger partial charge >= 0.3 is 0 Å². The number of rotatable bonds is 7. The van der Waals surface area contributed by atoms with Gasteiger partial charge in [0, 0.05) is 18.6 Å². The highest BCUT2D eigenvalue weighted by Crippen LogP contribution is 2.10. The van der Waals surface area contributed by atoms with Crippen LogP contribution in [-0.4, -0.2) is 32.0 Å². The number of aliphatic imine (C=N–C) groups is 1. The van der Waals surface area contributed by atoms with Crippen molar-refractivity contribution in [1.29, 1.82) is 0 Å². The Bertz CT molecular complexity index is 671. The predicted octanol–water partition coefficient (Wildman–Crippen LogP) is 1.96. The lowest BCUT2D eigenvalue weighted by Crippen LogP contribution is -2.43. The standard InChI is InChI=1S/C17H21ClN4O2/c1-19-17(20-8-7-13-4-2-5-14(18)10-13)22-12-16(23)21-11-15-6-3-9-24-15/h2-6,9-10H,7-8,11-12H2,1H3,(H,21,23)(H2,19,20,22). The fraction of sp³-hybridized carbons (Fsp3) is 0.294. The molecule has 0 spiro atoms. The summed E-state index contributed by atoms with van der Waals surface area (Å²) in [5.41, 5.74) is 1.14. The second kappa shape index (κ2) is 9.62. The molecule has 0 aliphatic heterocycles. The topological polar surface area (TPSA) is 78.7 Å². The van der Waals surface area contributed by atoms with Crippen LogP contribution in [0.25, 0.3) is 0 Å². The Morgan fingerprint density at radius 1 is 1.21 bits per heavy atom. The summed E-state index contributed by atoms with van der Waals surface area (Å²) in [6.07, 6.45) is 2.39. The highest BCUT2D eigenvalue weighted by Gasteiger charge is 2.04. The number of halogens is 1. The maximum atomic E-state index is 11.8. The van der Waals surface area contributed by atoms with Crippen molar-refractivity contribution in [3.05, 3.63) is 59.0 Å². The van der Waals surface area contributed by atoms with E-state index in [2.05, 4.69) is 20.9 Å². The van der Waals surface area contributed by atoms with Crippen molar-refractivity contribution in [3.8, 4) is 0 Å². The Morgan fingerprint density at radius 3 is 2.79 bits per heavy atom. The van der Waals surface area contributed by atoms with E-state index in [0.29, 0.717) is 24.8 Å². The predicted molar refractivity (Wildman–Crippen MR) is 95.1 cm³/mol. The zero-order valence-corrected chi connectivity index (χ0v) is 14.3. The van der Waals surface area contributed by atoms with Crippen molar-refractivity contribution in [2.24, 2.45) is 4.99 Å². The largest absolute Gasteiger partial charge is 0.467 e. The molecular weight excluding hydrogens is 328 g/mol. The molecule has 0 radical (unpaired) electrons. The van der Waals surface area contributed by atoms with Gasteiger partial charge in [0.05, 0.1) is 19.4 Å². The molecule has 1 amide bonds. The smallest absolute Gasteiger partial charge is 0.239 e. The van der Waals surface area contributed by atoms with Crippen LogP contribution in [0.2, 0.25) is 5.02 Å². The van der Waals surface area contributed by atoms with E-state index in [1.165, 1.54) is 0 Å². The van der Waals surface area contributed by atoms with Crippen molar-refractivity contribution < 1.29 is 9.21 Å². The monoisotopic (exact) mass is 348 g/mol. The van der Waals surface area contributed by atoms with Gasteiger partial charge < -0.3 is 20.4 Å². The number of carbonyl (C=O) groups is 1. The SMILES string of the molecule is CN=C(NCCc1cccc(Cl)c1)NCC(=O)NCc1ccco1. The number of carbonyl (C=O) groups excluding carboxylic acids is 1. The van der Waals surface area contributed by atoms with Gasteiger partial charge in [0.2, 0.25) is 5.91 Å². The summed E-state index contributed by atoms with van der Waals surface area (Å²) in [7, 11) is 1.66. The van der Waals surface area contributed by atoms with E-state index in [0.717, 1.165) is 17.0 Å². The van der Waals surface area contributed by atoms with Gasteiger partial charge in [-0.25, -0.2) is 0 Å². The van der Waals surface area contributed by atoms with Crippen molar-refractivity contribution in [1.82, 2.24) is 16.0 Å². The molecule has 2 rings (SSSR count). The Hall–Kier alpha value is -2.47. The zero-order chi connectivity index (χ0) is 17.2. The molecule has 1 heterocycles. The van der Waals surface area contributed by atoms with Crippen molar-refractivity contribution in [2.75, 3.05) is 20.1 Å². The number of hydrogen-bond donors (Lipinski definition) is 3. The quantitative estimate of drug-likeness (QED) is 0.528. The van der Waals surface area contributed by atoms with Gasteiger partial charge in [0.15, 0.2) is 5.96 Å². The van der Waals surface area contributed by atoms with Crippen LogP contribution in [0.1, 0.15) is 11.3 Å². The maximum absolute atomic E-state index is 11.8.